The number of ether oxygens (including phenoxy) is 1. The van der Waals surface area contributed by atoms with Gasteiger partial charge in [0.05, 0.1) is 12.0 Å². The van der Waals surface area contributed by atoms with E-state index < -0.39 is 0 Å². The molecule has 0 radical (unpaired) electrons. The second-order valence-corrected chi connectivity index (χ2v) is 8.48. The summed E-state index contributed by atoms with van der Waals surface area (Å²) in [5.74, 6) is 0.740. The van der Waals surface area contributed by atoms with E-state index in [1.54, 1.807) is 29.4 Å². The first-order chi connectivity index (χ1) is 14.5. The highest BCUT2D eigenvalue weighted by Crippen LogP contribution is 2.25. The van der Waals surface area contributed by atoms with Gasteiger partial charge >= 0.3 is 0 Å². The first-order valence-corrected chi connectivity index (χ1v) is 10.7. The molecule has 156 valence electrons. The lowest BCUT2D eigenvalue weighted by molar-refractivity contribution is -0.132. The van der Waals surface area contributed by atoms with Crippen LogP contribution in [0.5, 0.6) is 5.75 Å². The first kappa shape index (κ1) is 20.2. The molecule has 30 heavy (non-hydrogen) atoms. The molecule has 1 fully saturated rings. The molecule has 4 rings (SSSR count). The van der Waals surface area contributed by atoms with Crippen molar-refractivity contribution in [1.82, 2.24) is 14.7 Å². The van der Waals surface area contributed by atoms with Gasteiger partial charge in [0.15, 0.2) is 0 Å². The molecule has 2 aromatic heterocycles. The highest BCUT2D eigenvalue weighted by molar-refractivity contribution is 7.15. The van der Waals surface area contributed by atoms with Crippen LogP contribution in [0.2, 0.25) is 0 Å². The molecule has 3 heterocycles. The fourth-order valence-corrected chi connectivity index (χ4v) is 4.33. The maximum absolute atomic E-state index is 12.8. The molecule has 1 aliphatic rings. The summed E-state index contributed by atoms with van der Waals surface area (Å²) in [7, 11) is 1.65. The van der Waals surface area contributed by atoms with Crippen LogP contribution in [-0.4, -0.2) is 53.9 Å². The van der Waals surface area contributed by atoms with E-state index in [1.165, 1.54) is 15.6 Å². The zero-order valence-electron chi connectivity index (χ0n) is 17.1. The molecule has 0 N–H and O–H groups in total. The van der Waals surface area contributed by atoms with Gasteiger partial charge in [0.2, 0.25) is 5.91 Å². The Morgan fingerprint density at radius 1 is 1.03 bits per heavy atom. The number of methoxy groups -OCH3 is 1. The van der Waals surface area contributed by atoms with E-state index >= 15 is 0 Å². The number of hydrogen-bond acceptors (Lipinski definition) is 6. The Bertz CT molecular complexity index is 1080. The lowest BCUT2D eigenvalue weighted by Crippen LogP contribution is -2.50. The first-order valence-electron chi connectivity index (χ1n) is 9.85. The van der Waals surface area contributed by atoms with Crippen LogP contribution in [0.15, 0.2) is 53.3 Å². The van der Waals surface area contributed by atoms with Crippen LogP contribution in [-0.2, 0) is 11.3 Å². The Morgan fingerprint density at radius 2 is 1.77 bits per heavy atom. The van der Waals surface area contributed by atoms with Gasteiger partial charge < -0.3 is 14.5 Å². The Hall–Kier alpha value is -3.13. The number of carbonyl (C=O) groups excluding carboxylic acids is 1. The van der Waals surface area contributed by atoms with Crippen molar-refractivity contribution in [2.24, 2.45) is 0 Å². The van der Waals surface area contributed by atoms with E-state index in [0.29, 0.717) is 18.8 Å². The van der Waals surface area contributed by atoms with Gasteiger partial charge in [-0.1, -0.05) is 0 Å². The normalized spacial score (nSPS) is 14.1. The van der Waals surface area contributed by atoms with Crippen molar-refractivity contribution >= 4 is 22.9 Å². The predicted octanol–water partition coefficient (Wildman–Crippen LogP) is 2.64. The molecule has 0 spiro atoms. The smallest absolute Gasteiger partial charge is 0.267 e. The standard InChI is InChI=1S/C22H24N4O3S/c1-16-3-9-20(30-16)19-8-10-21(27)26(23-19)15-22(28)25-13-11-24(12-14-25)17-4-6-18(29-2)7-5-17/h3-10H,11-15H2,1-2H3. The number of piperazine rings is 1. The summed E-state index contributed by atoms with van der Waals surface area (Å²) in [6, 6.07) is 15.1. The minimum absolute atomic E-state index is 0.0421. The summed E-state index contributed by atoms with van der Waals surface area (Å²) in [4.78, 5) is 31.2. The third-order valence-corrected chi connectivity index (χ3v) is 6.24. The Kier molecular flexibility index (Phi) is 5.85. The van der Waals surface area contributed by atoms with Crippen LogP contribution in [0, 0.1) is 6.92 Å². The zero-order chi connectivity index (χ0) is 21.1. The lowest BCUT2D eigenvalue weighted by Gasteiger charge is -2.36. The average molecular weight is 425 g/mol. The maximum Gasteiger partial charge on any atom is 0.267 e. The molecule has 0 aliphatic carbocycles. The van der Waals surface area contributed by atoms with Crippen molar-refractivity contribution in [2.75, 3.05) is 38.2 Å². The molecule has 1 aromatic carbocycles. The second-order valence-electron chi connectivity index (χ2n) is 7.19. The largest absolute Gasteiger partial charge is 0.497 e. The molecule has 1 aliphatic heterocycles. The predicted molar refractivity (Wildman–Crippen MR) is 118 cm³/mol. The number of carbonyl (C=O) groups is 1. The van der Waals surface area contributed by atoms with Crippen LogP contribution in [0.4, 0.5) is 5.69 Å². The van der Waals surface area contributed by atoms with Gasteiger partial charge in [0, 0.05) is 42.8 Å². The van der Waals surface area contributed by atoms with Crippen molar-refractivity contribution in [3.8, 4) is 16.3 Å². The molecule has 7 nitrogen and oxygen atoms in total. The Morgan fingerprint density at radius 3 is 2.40 bits per heavy atom. The maximum atomic E-state index is 12.8. The van der Waals surface area contributed by atoms with Crippen molar-refractivity contribution in [3.63, 3.8) is 0 Å². The second kappa shape index (κ2) is 8.71. The van der Waals surface area contributed by atoms with E-state index in [2.05, 4.69) is 10.00 Å². The number of anilines is 1. The fraction of sp³-hybridized carbons (Fsp3) is 0.318. The molecule has 1 amide bonds. The van der Waals surface area contributed by atoms with E-state index in [9.17, 15) is 9.59 Å². The molecule has 3 aromatic rings. The van der Waals surface area contributed by atoms with Gasteiger partial charge in [-0.2, -0.15) is 5.10 Å². The number of aryl methyl sites for hydroxylation is 1. The van der Waals surface area contributed by atoms with E-state index in [1.807, 2.05) is 43.3 Å². The molecule has 1 saturated heterocycles. The van der Waals surface area contributed by atoms with Gasteiger partial charge in [0.1, 0.15) is 18.0 Å². The van der Waals surface area contributed by atoms with E-state index in [4.69, 9.17) is 4.74 Å². The molecule has 0 bridgehead atoms. The summed E-state index contributed by atoms with van der Waals surface area (Å²) in [5.41, 5.74) is 1.56. The number of amides is 1. The molecule has 0 atom stereocenters. The van der Waals surface area contributed by atoms with E-state index in [0.717, 1.165) is 29.4 Å². The minimum atomic E-state index is -0.266. The van der Waals surface area contributed by atoms with Crippen LogP contribution >= 0.6 is 11.3 Å². The quantitative estimate of drug-likeness (QED) is 0.630. The molecule has 0 saturated carbocycles. The number of nitrogens with zero attached hydrogens (tertiary/aromatic N) is 4. The van der Waals surface area contributed by atoms with Crippen LogP contribution in [0.25, 0.3) is 10.6 Å². The van der Waals surface area contributed by atoms with Crippen LogP contribution in [0.3, 0.4) is 0 Å². The summed E-state index contributed by atoms with van der Waals surface area (Å²) in [6.45, 7) is 4.70. The molecular weight excluding hydrogens is 400 g/mol. The number of hydrogen-bond donors (Lipinski definition) is 0. The highest BCUT2D eigenvalue weighted by Gasteiger charge is 2.22. The number of aromatic nitrogens is 2. The van der Waals surface area contributed by atoms with Gasteiger partial charge in [-0.3, -0.25) is 9.59 Å². The zero-order valence-corrected chi connectivity index (χ0v) is 17.9. The van der Waals surface area contributed by atoms with Crippen molar-refractivity contribution < 1.29 is 9.53 Å². The summed E-state index contributed by atoms with van der Waals surface area (Å²) in [5, 5.41) is 4.41. The Balaban J connectivity index is 1.39. The van der Waals surface area contributed by atoms with Crippen LogP contribution in [0.1, 0.15) is 4.88 Å². The summed E-state index contributed by atoms with van der Waals surface area (Å²) in [6.07, 6.45) is 0. The number of rotatable bonds is 5. The number of benzene rings is 1. The topological polar surface area (TPSA) is 67.7 Å². The Labute approximate surface area is 179 Å². The van der Waals surface area contributed by atoms with Crippen molar-refractivity contribution in [1.29, 1.82) is 0 Å². The van der Waals surface area contributed by atoms with Gasteiger partial charge in [0.25, 0.3) is 5.56 Å². The lowest BCUT2D eigenvalue weighted by atomic mass is 10.2. The molecular formula is C22H24N4O3S. The third kappa shape index (κ3) is 4.38. The highest BCUT2D eigenvalue weighted by atomic mass is 32.1. The molecule has 8 heteroatoms. The average Bonchev–Trinajstić information content (AvgIpc) is 3.21. The van der Waals surface area contributed by atoms with Crippen molar-refractivity contribution in [3.05, 3.63) is 63.8 Å². The van der Waals surface area contributed by atoms with Gasteiger partial charge in [-0.05, 0) is 49.4 Å². The van der Waals surface area contributed by atoms with E-state index in [-0.39, 0.29) is 18.0 Å². The van der Waals surface area contributed by atoms with Crippen molar-refractivity contribution in [2.45, 2.75) is 13.5 Å². The monoisotopic (exact) mass is 424 g/mol. The van der Waals surface area contributed by atoms with Gasteiger partial charge in [-0.15, -0.1) is 11.3 Å². The number of thiophene rings is 1. The van der Waals surface area contributed by atoms with Gasteiger partial charge in [-0.25, -0.2) is 4.68 Å². The SMILES string of the molecule is COc1ccc(N2CCN(C(=O)Cn3nc(-c4ccc(C)s4)ccc3=O)CC2)cc1. The van der Waals surface area contributed by atoms with Crippen LogP contribution < -0.4 is 15.2 Å². The summed E-state index contributed by atoms with van der Waals surface area (Å²) < 4.78 is 6.47. The minimum Gasteiger partial charge on any atom is -0.497 e. The molecule has 0 unspecified atom stereocenters. The summed E-state index contributed by atoms with van der Waals surface area (Å²) >= 11 is 1.62. The third-order valence-electron chi connectivity index (χ3n) is 5.21. The fourth-order valence-electron chi connectivity index (χ4n) is 3.50.